The number of ether oxygens (including phenoxy) is 1. The van der Waals surface area contributed by atoms with E-state index in [1.54, 1.807) is 29.7 Å². The Hall–Kier alpha value is -4.74. The summed E-state index contributed by atoms with van der Waals surface area (Å²) in [4.78, 5) is 46.7. The van der Waals surface area contributed by atoms with Crippen LogP contribution in [0.1, 0.15) is 46.7 Å². The predicted molar refractivity (Wildman–Crippen MR) is 160 cm³/mol. The van der Waals surface area contributed by atoms with E-state index >= 15 is 0 Å². The minimum absolute atomic E-state index is 0.0715. The normalized spacial score (nSPS) is 17.0. The Morgan fingerprint density at radius 1 is 1.09 bits per heavy atom. The van der Waals surface area contributed by atoms with Crippen LogP contribution in [0.5, 0.6) is 0 Å². The highest BCUT2D eigenvalue weighted by Crippen LogP contribution is 2.39. The van der Waals surface area contributed by atoms with Gasteiger partial charge < -0.3 is 30.2 Å². The largest absolute Gasteiger partial charge is 0.465 e. The second kappa shape index (κ2) is 10.5. The first-order valence-corrected chi connectivity index (χ1v) is 14.1. The Labute approximate surface area is 247 Å². The van der Waals surface area contributed by atoms with Gasteiger partial charge in [-0.15, -0.1) is 0 Å². The molecule has 0 saturated heterocycles. The van der Waals surface area contributed by atoms with Crippen molar-refractivity contribution in [1.29, 1.82) is 0 Å². The van der Waals surface area contributed by atoms with E-state index in [2.05, 4.69) is 0 Å². The first-order valence-electron chi connectivity index (χ1n) is 14.1. The zero-order valence-electron chi connectivity index (χ0n) is 24.3. The highest BCUT2D eigenvalue weighted by atomic mass is 16.6. The van der Waals surface area contributed by atoms with Gasteiger partial charge in [0.1, 0.15) is 6.61 Å². The number of benzene rings is 2. The third kappa shape index (κ3) is 4.80. The first-order chi connectivity index (χ1) is 20.5. The lowest BCUT2D eigenvalue weighted by molar-refractivity contribution is -0.172. The number of rotatable bonds is 7. The molecule has 1 amide bonds. The molecule has 4 heterocycles. The van der Waals surface area contributed by atoms with Crippen molar-refractivity contribution in [2.75, 3.05) is 19.8 Å². The monoisotopic (exact) mass is 583 g/mol. The van der Waals surface area contributed by atoms with Crippen molar-refractivity contribution in [2.24, 2.45) is 0 Å². The number of hydrogen-bond donors (Lipinski definition) is 3. The molecule has 6 rings (SSSR count). The number of aromatic nitrogens is 2. The molecule has 43 heavy (non-hydrogen) atoms. The Morgan fingerprint density at radius 3 is 2.51 bits per heavy atom. The number of carboxylic acid groups (broad SMARTS) is 1. The third-order valence-corrected chi connectivity index (χ3v) is 8.36. The van der Waals surface area contributed by atoms with Crippen LogP contribution in [-0.2, 0) is 47.9 Å². The van der Waals surface area contributed by atoms with E-state index in [1.165, 1.54) is 4.90 Å². The van der Waals surface area contributed by atoms with Crippen LogP contribution in [0.25, 0.3) is 22.3 Å². The Bertz CT molecular complexity index is 1850. The highest BCUT2D eigenvalue weighted by Gasteiger charge is 2.45. The molecule has 0 unspecified atom stereocenters. The number of fused-ring (bicyclic) bond motifs is 5. The van der Waals surface area contributed by atoms with Gasteiger partial charge in [-0.1, -0.05) is 25.1 Å². The summed E-state index contributed by atoms with van der Waals surface area (Å²) in [5.41, 5.74) is 10.1. The molecule has 0 radical (unpaired) electrons. The van der Waals surface area contributed by atoms with Crippen molar-refractivity contribution in [3.05, 3.63) is 92.3 Å². The van der Waals surface area contributed by atoms with E-state index in [0.29, 0.717) is 29.1 Å². The molecule has 0 bridgehead atoms. The van der Waals surface area contributed by atoms with Gasteiger partial charge in [0.25, 0.3) is 5.56 Å². The SMILES string of the molecule is CC[C@@]1(O)C(=O)OCc2c1cc1n(c2=O)Cc2cc3c(CN(C)C)c(CN(Cc4ccc(N)cc4)C(=O)O)ccc3nc2-1. The Balaban J connectivity index is 1.44. The van der Waals surface area contributed by atoms with E-state index < -0.39 is 17.7 Å². The van der Waals surface area contributed by atoms with Gasteiger partial charge in [0.2, 0.25) is 0 Å². The van der Waals surface area contributed by atoms with Crippen molar-refractivity contribution in [1.82, 2.24) is 19.4 Å². The molecule has 0 saturated carbocycles. The van der Waals surface area contributed by atoms with Crippen LogP contribution in [0.2, 0.25) is 0 Å². The molecule has 2 aromatic carbocycles. The molecule has 11 heteroatoms. The maximum Gasteiger partial charge on any atom is 0.407 e. The number of nitrogens with zero attached hydrogens (tertiary/aromatic N) is 4. The van der Waals surface area contributed by atoms with Crippen LogP contribution in [0.15, 0.2) is 53.3 Å². The molecular weight excluding hydrogens is 550 g/mol. The number of carbonyl (C=O) groups excluding carboxylic acids is 1. The summed E-state index contributed by atoms with van der Waals surface area (Å²) in [6.07, 6.45) is -0.963. The van der Waals surface area contributed by atoms with Crippen molar-refractivity contribution in [2.45, 2.75) is 51.7 Å². The van der Waals surface area contributed by atoms with Crippen molar-refractivity contribution < 1.29 is 24.5 Å². The van der Waals surface area contributed by atoms with E-state index in [4.69, 9.17) is 15.5 Å². The van der Waals surface area contributed by atoms with E-state index in [-0.39, 0.29) is 49.3 Å². The molecule has 222 valence electrons. The van der Waals surface area contributed by atoms with E-state index in [1.807, 2.05) is 49.3 Å². The number of pyridine rings is 2. The summed E-state index contributed by atoms with van der Waals surface area (Å²) >= 11 is 0. The van der Waals surface area contributed by atoms with Gasteiger partial charge in [0.05, 0.1) is 29.0 Å². The van der Waals surface area contributed by atoms with Crippen LogP contribution in [0, 0.1) is 0 Å². The van der Waals surface area contributed by atoms with Gasteiger partial charge in [-0.3, -0.25) is 9.69 Å². The Morgan fingerprint density at radius 2 is 1.84 bits per heavy atom. The van der Waals surface area contributed by atoms with Gasteiger partial charge in [-0.25, -0.2) is 14.6 Å². The van der Waals surface area contributed by atoms with Crippen molar-refractivity contribution in [3.8, 4) is 11.4 Å². The number of aliphatic hydroxyl groups is 1. The zero-order valence-corrected chi connectivity index (χ0v) is 24.3. The number of carbonyl (C=O) groups is 2. The van der Waals surface area contributed by atoms with Crippen LogP contribution >= 0.6 is 0 Å². The molecule has 0 fully saturated rings. The molecule has 0 aliphatic carbocycles. The average Bonchev–Trinajstić information content (AvgIpc) is 3.33. The number of hydrogen-bond acceptors (Lipinski definition) is 8. The zero-order chi connectivity index (χ0) is 30.6. The fourth-order valence-electron chi connectivity index (χ4n) is 6.05. The molecule has 2 aromatic heterocycles. The number of esters is 1. The van der Waals surface area contributed by atoms with Crippen LogP contribution in [0.3, 0.4) is 0 Å². The molecule has 0 spiro atoms. The number of cyclic esters (lactones) is 1. The average molecular weight is 584 g/mol. The van der Waals surface area contributed by atoms with E-state index in [0.717, 1.165) is 27.6 Å². The quantitative estimate of drug-likeness (QED) is 0.193. The third-order valence-electron chi connectivity index (χ3n) is 8.36. The number of anilines is 1. The molecule has 2 aliphatic rings. The summed E-state index contributed by atoms with van der Waals surface area (Å²) < 4.78 is 6.78. The standard InChI is InChI=1S/C32H33N5O6/c1-4-32(42)25-12-27-28-20(15-37(27)29(38)24(25)17-43-30(32)39)11-22-23(16-35(2)3)19(7-10-26(22)34-28)14-36(31(40)41)13-18-5-8-21(33)9-6-18/h5-12,42H,4,13-17,33H2,1-3H3,(H,40,41)/t32-/m0/s1. The lowest BCUT2D eigenvalue weighted by Gasteiger charge is -2.31. The predicted octanol–water partition coefficient (Wildman–Crippen LogP) is 3.40. The second-order valence-electron chi connectivity index (χ2n) is 11.5. The molecule has 4 N–H and O–H groups in total. The Kier molecular flexibility index (Phi) is 6.94. The maximum atomic E-state index is 13.6. The first kappa shape index (κ1) is 28.4. The van der Waals surface area contributed by atoms with Gasteiger partial charge in [-0.05, 0) is 67.5 Å². The fourth-order valence-corrected chi connectivity index (χ4v) is 6.05. The summed E-state index contributed by atoms with van der Waals surface area (Å²) in [5.74, 6) is -0.760. The van der Waals surface area contributed by atoms with Crippen LogP contribution in [0.4, 0.5) is 10.5 Å². The molecular formula is C32H33N5O6. The topological polar surface area (TPSA) is 151 Å². The van der Waals surface area contributed by atoms with Crippen LogP contribution < -0.4 is 11.3 Å². The van der Waals surface area contributed by atoms with Gasteiger partial charge in [0, 0.05) is 41.8 Å². The number of nitrogen functional groups attached to an aromatic ring is 1. The van der Waals surface area contributed by atoms with Crippen molar-refractivity contribution >= 4 is 28.7 Å². The fraction of sp³-hybridized carbons (Fsp3) is 0.312. The molecule has 1 atom stereocenters. The maximum absolute atomic E-state index is 13.6. The molecule has 2 aliphatic heterocycles. The van der Waals surface area contributed by atoms with Gasteiger partial charge in [-0.2, -0.15) is 0 Å². The molecule has 11 nitrogen and oxygen atoms in total. The summed E-state index contributed by atoms with van der Waals surface area (Å²) in [5, 5.41) is 22.1. The van der Waals surface area contributed by atoms with E-state index in [9.17, 15) is 24.6 Å². The molecule has 4 aromatic rings. The summed E-state index contributed by atoms with van der Waals surface area (Å²) in [7, 11) is 3.90. The lowest BCUT2D eigenvalue weighted by Crippen LogP contribution is -2.44. The minimum atomic E-state index is -1.89. The minimum Gasteiger partial charge on any atom is -0.465 e. The number of amides is 1. The lowest BCUT2D eigenvalue weighted by atomic mass is 9.86. The summed E-state index contributed by atoms with van der Waals surface area (Å²) in [6, 6.07) is 14.6. The second-order valence-corrected chi connectivity index (χ2v) is 11.5. The smallest absolute Gasteiger partial charge is 0.407 e. The van der Waals surface area contributed by atoms with Crippen molar-refractivity contribution in [3.63, 3.8) is 0 Å². The van der Waals surface area contributed by atoms with Gasteiger partial charge in [0.15, 0.2) is 5.60 Å². The van der Waals surface area contributed by atoms with Crippen LogP contribution in [-0.4, -0.2) is 55.7 Å². The highest BCUT2D eigenvalue weighted by molar-refractivity contribution is 5.89. The summed E-state index contributed by atoms with van der Waals surface area (Å²) in [6.45, 7) is 2.69. The van der Waals surface area contributed by atoms with Gasteiger partial charge >= 0.3 is 12.1 Å². The number of nitrogens with two attached hydrogens (primary N) is 1.